The Hall–Kier alpha value is -1.78. The molecule has 0 spiro atoms. The highest BCUT2D eigenvalue weighted by molar-refractivity contribution is 6.04. The number of carbonyl (C=O) groups excluding carboxylic acids is 2. The van der Waals surface area contributed by atoms with Gasteiger partial charge in [0.1, 0.15) is 0 Å². The third-order valence-corrected chi connectivity index (χ3v) is 2.80. The zero-order chi connectivity index (χ0) is 11.7. The van der Waals surface area contributed by atoms with E-state index in [4.69, 9.17) is 4.74 Å². The van der Waals surface area contributed by atoms with Crippen LogP contribution in [0.3, 0.4) is 0 Å². The summed E-state index contributed by atoms with van der Waals surface area (Å²) in [5, 5.41) is 0. The predicted octanol–water partition coefficient (Wildman–Crippen LogP) is 1.01. The van der Waals surface area contributed by atoms with Crippen molar-refractivity contribution in [3.05, 3.63) is 23.0 Å². The summed E-state index contributed by atoms with van der Waals surface area (Å²) < 4.78 is 11.3. The van der Waals surface area contributed by atoms with Crippen LogP contribution in [0.4, 0.5) is 0 Å². The van der Waals surface area contributed by atoms with E-state index in [2.05, 4.69) is 4.74 Å². The van der Waals surface area contributed by atoms with Crippen molar-refractivity contribution in [2.24, 2.45) is 0 Å². The maximum absolute atomic E-state index is 11.6. The molecule has 0 N–H and O–H groups in total. The standard InChI is InChI=1S/C11H13NO4/c1-15-10(13)7-6-12-5-3-4-8(12)9(7)11(14)16-2/h6H,3-5H2,1-2H3. The molecular weight excluding hydrogens is 210 g/mol. The Kier molecular flexibility index (Phi) is 2.68. The molecule has 1 aliphatic heterocycles. The molecule has 0 amide bonds. The minimum absolute atomic E-state index is 0.295. The summed E-state index contributed by atoms with van der Waals surface area (Å²) in [5.41, 5.74) is 1.52. The molecule has 1 aromatic rings. The molecule has 0 atom stereocenters. The molecule has 2 rings (SSSR count). The molecule has 0 unspecified atom stereocenters. The molecule has 0 aliphatic carbocycles. The van der Waals surface area contributed by atoms with E-state index < -0.39 is 11.9 Å². The molecule has 0 saturated heterocycles. The van der Waals surface area contributed by atoms with Crippen LogP contribution in [0.15, 0.2) is 6.20 Å². The minimum Gasteiger partial charge on any atom is -0.465 e. The molecule has 0 aromatic carbocycles. The molecule has 0 bridgehead atoms. The molecule has 86 valence electrons. The van der Waals surface area contributed by atoms with E-state index in [1.807, 2.05) is 4.57 Å². The number of esters is 2. The molecule has 0 fully saturated rings. The Bertz CT molecular complexity index is 447. The van der Waals surface area contributed by atoms with Crippen LogP contribution in [-0.4, -0.2) is 30.7 Å². The summed E-state index contributed by atoms with van der Waals surface area (Å²) in [5.74, 6) is -0.974. The monoisotopic (exact) mass is 223 g/mol. The number of aryl methyl sites for hydroxylation is 1. The number of nitrogens with zero attached hydrogens (tertiary/aromatic N) is 1. The van der Waals surface area contributed by atoms with Gasteiger partial charge in [0.25, 0.3) is 0 Å². The molecule has 5 nitrogen and oxygen atoms in total. The van der Waals surface area contributed by atoms with Crippen molar-refractivity contribution in [1.82, 2.24) is 4.57 Å². The highest BCUT2D eigenvalue weighted by Gasteiger charge is 2.28. The van der Waals surface area contributed by atoms with Gasteiger partial charge in [0.05, 0.1) is 25.3 Å². The van der Waals surface area contributed by atoms with Crippen molar-refractivity contribution in [3.63, 3.8) is 0 Å². The number of hydrogen-bond donors (Lipinski definition) is 0. The summed E-state index contributed by atoms with van der Waals surface area (Å²) in [6.45, 7) is 0.830. The number of carbonyl (C=O) groups is 2. The van der Waals surface area contributed by atoms with Crippen molar-refractivity contribution in [1.29, 1.82) is 0 Å². The van der Waals surface area contributed by atoms with Crippen molar-refractivity contribution >= 4 is 11.9 Å². The SMILES string of the molecule is COC(=O)c1cn2c(c1C(=O)OC)CCC2. The van der Waals surface area contributed by atoms with Crippen LogP contribution >= 0.6 is 0 Å². The summed E-state index contributed by atoms with van der Waals surface area (Å²) in [6.07, 6.45) is 3.45. The molecule has 0 radical (unpaired) electrons. The summed E-state index contributed by atoms with van der Waals surface area (Å²) in [6, 6.07) is 0. The second-order valence-electron chi connectivity index (χ2n) is 3.64. The lowest BCUT2D eigenvalue weighted by Gasteiger charge is -2.02. The normalized spacial score (nSPS) is 13.4. The smallest absolute Gasteiger partial charge is 0.340 e. The molecule has 16 heavy (non-hydrogen) atoms. The first kappa shape index (κ1) is 10.7. The number of methoxy groups -OCH3 is 2. The van der Waals surface area contributed by atoms with Crippen molar-refractivity contribution in [2.45, 2.75) is 19.4 Å². The van der Waals surface area contributed by atoms with Crippen LogP contribution < -0.4 is 0 Å². The lowest BCUT2D eigenvalue weighted by Crippen LogP contribution is -2.11. The highest BCUT2D eigenvalue weighted by atomic mass is 16.5. The van der Waals surface area contributed by atoms with Gasteiger partial charge in [0.15, 0.2) is 0 Å². The summed E-state index contributed by atoms with van der Waals surface area (Å²) in [4.78, 5) is 23.1. The number of ether oxygens (including phenoxy) is 2. The van der Waals surface area contributed by atoms with Crippen LogP contribution in [0.5, 0.6) is 0 Å². The molecule has 2 heterocycles. The van der Waals surface area contributed by atoms with Crippen LogP contribution in [0.25, 0.3) is 0 Å². The maximum Gasteiger partial charge on any atom is 0.340 e. The van der Waals surface area contributed by atoms with E-state index in [1.54, 1.807) is 6.20 Å². The van der Waals surface area contributed by atoms with Gasteiger partial charge in [-0.25, -0.2) is 9.59 Å². The Morgan fingerprint density at radius 3 is 2.56 bits per heavy atom. The number of fused-ring (bicyclic) bond motifs is 1. The largest absolute Gasteiger partial charge is 0.465 e. The maximum atomic E-state index is 11.6. The Labute approximate surface area is 92.9 Å². The van der Waals surface area contributed by atoms with Gasteiger partial charge >= 0.3 is 11.9 Å². The first-order valence-electron chi connectivity index (χ1n) is 5.07. The lowest BCUT2D eigenvalue weighted by molar-refractivity contribution is 0.0555. The second kappa shape index (κ2) is 4.00. The topological polar surface area (TPSA) is 57.5 Å². The van der Waals surface area contributed by atoms with Crippen molar-refractivity contribution in [2.75, 3.05) is 14.2 Å². The van der Waals surface area contributed by atoms with E-state index in [0.717, 1.165) is 25.1 Å². The highest BCUT2D eigenvalue weighted by Crippen LogP contribution is 2.25. The number of hydrogen-bond acceptors (Lipinski definition) is 4. The van der Waals surface area contributed by atoms with Gasteiger partial charge in [-0.15, -0.1) is 0 Å². The van der Waals surface area contributed by atoms with E-state index in [0.29, 0.717) is 11.1 Å². The van der Waals surface area contributed by atoms with Gasteiger partial charge in [-0.3, -0.25) is 0 Å². The summed E-state index contributed by atoms with van der Waals surface area (Å²) in [7, 11) is 2.61. The van der Waals surface area contributed by atoms with Gasteiger partial charge < -0.3 is 14.0 Å². The van der Waals surface area contributed by atoms with E-state index in [-0.39, 0.29) is 0 Å². The quantitative estimate of drug-likeness (QED) is 0.702. The van der Waals surface area contributed by atoms with E-state index >= 15 is 0 Å². The molecule has 5 heteroatoms. The third-order valence-electron chi connectivity index (χ3n) is 2.80. The first-order chi connectivity index (χ1) is 7.69. The fourth-order valence-corrected chi connectivity index (χ4v) is 2.08. The first-order valence-corrected chi connectivity index (χ1v) is 5.07. The number of rotatable bonds is 2. The van der Waals surface area contributed by atoms with Crippen LogP contribution in [0.2, 0.25) is 0 Å². The number of aromatic nitrogens is 1. The Balaban J connectivity index is 2.53. The fraction of sp³-hybridized carbons (Fsp3) is 0.455. The van der Waals surface area contributed by atoms with Gasteiger partial charge in [-0.05, 0) is 12.8 Å². The zero-order valence-electron chi connectivity index (χ0n) is 9.28. The van der Waals surface area contributed by atoms with Crippen LogP contribution in [-0.2, 0) is 22.4 Å². The molecule has 1 aliphatic rings. The summed E-state index contributed by atoms with van der Waals surface area (Å²) >= 11 is 0. The van der Waals surface area contributed by atoms with Gasteiger partial charge in [0, 0.05) is 18.4 Å². The van der Waals surface area contributed by atoms with Gasteiger partial charge in [-0.2, -0.15) is 0 Å². The Morgan fingerprint density at radius 2 is 1.94 bits per heavy atom. The average Bonchev–Trinajstić information content (AvgIpc) is 2.86. The van der Waals surface area contributed by atoms with Crippen molar-refractivity contribution in [3.8, 4) is 0 Å². The third kappa shape index (κ3) is 1.48. The van der Waals surface area contributed by atoms with E-state index in [9.17, 15) is 9.59 Å². The fourth-order valence-electron chi connectivity index (χ4n) is 2.08. The average molecular weight is 223 g/mol. The van der Waals surface area contributed by atoms with Crippen LogP contribution in [0, 0.1) is 0 Å². The molecule has 0 saturated carbocycles. The van der Waals surface area contributed by atoms with Gasteiger partial charge in [-0.1, -0.05) is 0 Å². The molecule has 1 aromatic heterocycles. The lowest BCUT2D eigenvalue weighted by atomic mass is 10.1. The van der Waals surface area contributed by atoms with Crippen LogP contribution in [0.1, 0.15) is 32.8 Å². The molecular formula is C11H13NO4. The van der Waals surface area contributed by atoms with Gasteiger partial charge in [0.2, 0.25) is 0 Å². The second-order valence-corrected chi connectivity index (χ2v) is 3.64. The van der Waals surface area contributed by atoms with E-state index in [1.165, 1.54) is 14.2 Å². The Morgan fingerprint density at radius 1 is 1.25 bits per heavy atom. The predicted molar refractivity (Wildman–Crippen MR) is 55.4 cm³/mol. The minimum atomic E-state index is -0.498. The van der Waals surface area contributed by atoms with Crippen molar-refractivity contribution < 1.29 is 19.1 Å². The zero-order valence-corrected chi connectivity index (χ0v) is 9.28.